The van der Waals surface area contributed by atoms with Gasteiger partial charge in [0.05, 0.1) is 11.3 Å². The zero-order chi connectivity index (χ0) is 18.6. The number of hydrogen-bond donors (Lipinski definition) is 2. The van der Waals surface area contributed by atoms with Crippen LogP contribution in [0.15, 0.2) is 28.8 Å². The molecular formula is C19H27N3O3. The van der Waals surface area contributed by atoms with Crippen LogP contribution in [0.3, 0.4) is 0 Å². The van der Waals surface area contributed by atoms with E-state index in [-0.39, 0.29) is 17.4 Å². The smallest absolute Gasteiger partial charge is 0.251 e. The minimum absolute atomic E-state index is 0.105. The Labute approximate surface area is 148 Å². The number of aryl methyl sites for hydroxylation is 2. The maximum absolute atomic E-state index is 12.5. The average molecular weight is 345 g/mol. The number of aromatic nitrogens is 1. The molecule has 1 heterocycles. The van der Waals surface area contributed by atoms with E-state index in [1.165, 1.54) is 0 Å². The highest BCUT2D eigenvalue weighted by atomic mass is 16.5. The van der Waals surface area contributed by atoms with Crippen LogP contribution in [0.1, 0.15) is 48.1 Å². The summed E-state index contributed by atoms with van der Waals surface area (Å²) in [5.41, 5.74) is 7.95. The molecule has 3 N–H and O–H groups in total. The number of ether oxygens (including phenoxy) is 1. The molecule has 1 unspecified atom stereocenters. The maximum atomic E-state index is 12.5. The van der Waals surface area contributed by atoms with E-state index in [0.717, 1.165) is 17.0 Å². The first-order valence-corrected chi connectivity index (χ1v) is 8.38. The Bertz CT molecular complexity index is 712. The molecule has 6 heteroatoms. The molecule has 1 atom stereocenters. The fourth-order valence-electron chi connectivity index (χ4n) is 2.46. The number of nitrogens with two attached hydrogens (primary N) is 1. The highest BCUT2D eigenvalue weighted by Crippen LogP contribution is 2.21. The first-order valence-electron chi connectivity index (χ1n) is 8.38. The molecular weight excluding hydrogens is 318 g/mol. The fourth-order valence-corrected chi connectivity index (χ4v) is 2.46. The molecule has 2 rings (SSSR count). The summed E-state index contributed by atoms with van der Waals surface area (Å²) in [5.74, 6) is 1.20. The van der Waals surface area contributed by atoms with E-state index < -0.39 is 0 Å². The standard InChI is InChI=1S/C19H27N3O3/c1-12-16(13(2)25-22-12)11-24-15-8-6-7-14(9-15)18(23)21-17(10-20)19(3,4)5/h6-9,17H,10-11,20H2,1-5H3,(H,21,23). The van der Waals surface area contributed by atoms with Crippen molar-refractivity contribution in [3.63, 3.8) is 0 Å². The molecule has 1 aromatic heterocycles. The number of amides is 1. The van der Waals surface area contributed by atoms with Crippen molar-refractivity contribution in [1.82, 2.24) is 10.5 Å². The zero-order valence-corrected chi connectivity index (χ0v) is 15.6. The Morgan fingerprint density at radius 2 is 2.08 bits per heavy atom. The molecule has 0 aliphatic carbocycles. The Hall–Kier alpha value is -2.34. The molecule has 25 heavy (non-hydrogen) atoms. The third-order valence-corrected chi connectivity index (χ3v) is 4.25. The van der Waals surface area contributed by atoms with Crippen molar-refractivity contribution in [2.24, 2.45) is 11.1 Å². The van der Waals surface area contributed by atoms with Gasteiger partial charge in [-0.05, 0) is 37.5 Å². The summed E-state index contributed by atoms with van der Waals surface area (Å²) < 4.78 is 10.9. The Morgan fingerprint density at radius 1 is 1.36 bits per heavy atom. The van der Waals surface area contributed by atoms with Crippen LogP contribution in [-0.4, -0.2) is 23.7 Å². The number of hydrogen-bond acceptors (Lipinski definition) is 5. The lowest BCUT2D eigenvalue weighted by atomic mass is 9.86. The average Bonchev–Trinajstić information content (AvgIpc) is 2.88. The molecule has 0 aliphatic heterocycles. The van der Waals surface area contributed by atoms with Gasteiger partial charge in [0.25, 0.3) is 5.91 Å². The Kier molecular flexibility index (Phi) is 5.85. The van der Waals surface area contributed by atoms with Gasteiger partial charge < -0.3 is 20.3 Å². The van der Waals surface area contributed by atoms with Gasteiger partial charge in [0, 0.05) is 18.2 Å². The first kappa shape index (κ1) is 19.0. The van der Waals surface area contributed by atoms with Gasteiger partial charge in [0.15, 0.2) is 0 Å². The summed E-state index contributed by atoms with van der Waals surface area (Å²) in [7, 11) is 0. The summed E-state index contributed by atoms with van der Waals surface area (Å²) in [6.07, 6.45) is 0. The van der Waals surface area contributed by atoms with Crippen LogP contribution in [0.2, 0.25) is 0 Å². The van der Waals surface area contributed by atoms with Crippen LogP contribution in [0.4, 0.5) is 0 Å². The van der Waals surface area contributed by atoms with Crippen LogP contribution in [0.5, 0.6) is 5.75 Å². The van der Waals surface area contributed by atoms with Gasteiger partial charge in [-0.25, -0.2) is 0 Å². The Balaban J connectivity index is 2.06. The molecule has 0 fully saturated rings. The lowest BCUT2D eigenvalue weighted by Gasteiger charge is -2.30. The monoisotopic (exact) mass is 345 g/mol. The van der Waals surface area contributed by atoms with Crippen molar-refractivity contribution in [3.8, 4) is 5.75 Å². The fraction of sp³-hybridized carbons (Fsp3) is 0.474. The predicted molar refractivity (Wildman–Crippen MR) is 96.5 cm³/mol. The van der Waals surface area contributed by atoms with Crippen molar-refractivity contribution in [2.45, 2.75) is 47.3 Å². The molecule has 136 valence electrons. The number of nitrogens with zero attached hydrogens (tertiary/aromatic N) is 1. The molecule has 0 bridgehead atoms. The second-order valence-electron chi connectivity index (χ2n) is 7.25. The molecule has 1 aromatic carbocycles. The van der Waals surface area contributed by atoms with Crippen LogP contribution < -0.4 is 15.8 Å². The lowest BCUT2D eigenvalue weighted by molar-refractivity contribution is 0.0905. The molecule has 0 radical (unpaired) electrons. The van der Waals surface area contributed by atoms with Crippen LogP contribution in [0.25, 0.3) is 0 Å². The lowest BCUT2D eigenvalue weighted by Crippen LogP contribution is -2.48. The summed E-state index contributed by atoms with van der Waals surface area (Å²) in [5, 5.41) is 6.90. The molecule has 0 saturated carbocycles. The second-order valence-corrected chi connectivity index (χ2v) is 7.25. The van der Waals surface area contributed by atoms with E-state index >= 15 is 0 Å². The number of nitrogens with one attached hydrogen (secondary N) is 1. The normalized spacial score (nSPS) is 12.7. The maximum Gasteiger partial charge on any atom is 0.251 e. The molecule has 0 saturated heterocycles. The quantitative estimate of drug-likeness (QED) is 0.840. The third-order valence-electron chi connectivity index (χ3n) is 4.25. The topological polar surface area (TPSA) is 90.4 Å². The first-order chi connectivity index (χ1) is 11.7. The van der Waals surface area contributed by atoms with Gasteiger partial charge in [-0.3, -0.25) is 4.79 Å². The summed E-state index contributed by atoms with van der Waals surface area (Å²) in [6.45, 7) is 10.6. The van der Waals surface area contributed by atoms with E-state index in [1.54, 1.807) is 18.2 Å². The third kappa shape index (κ3) is 4.82. The molecule has 1 amide bonds. The molecule has 6 nitrogen and oxygen atoms in total. The van der Waals surface area contributed by atoms with Gasteiger partial charge in [-0.2, -0.15) is 0 Å². The SMILES string of the molecule is Cc1noc(C)c1COc1cccc(C(=O)NC(CN)C(C)(C)C)c1. The van der Waals surface area contributed by atoms with Gasteiger partial charge >= 0.3 is 0 Å². The second kappa shape index (κ2) is 7.70. The van der Waals surface area contributed by atoms with E-state index in [1.807, 2.05) is 40.7 Å². The van der Waals surface area contributed by atoms with E-state index in [2.05, 4.69) is 10.5 Å². The molecule has 0 aliphatic rings. The largest absolute Gasteiger partial charge is 0.489 e. The minimum atomic E-state index is -0.159. The van der Waals surface area contributed by atoms with Gasteiger partial charge in [-0.1, -0.05) is 32.0 Å². The summed E-state index contributed by atoms with van der Waals surface area (Å²) in [4.78, 5) is 12.5. The van der Waals surface area contributed by atoms with Crippen LogP contribution >= 0.6 is 0 Å². The van der Waals surface area contributed by atoms with Crippen molar-refractivity contribution in [2.75, 3.05) is 6.54 Å². The van der Waals surface area contributed by atoms with E-state index in [9.17, 15) is 4.79 Å². The highest BCUT2D eigenvalue weighted by molar-refractivity contribution is 5.94. The number of rotatable bonds is 6. The van der Waals surface area contributed by atoms with Gasteiger partial charge in [0.1, 0.15) is 18.1 Å². The molecule has 0 spiro atoms. The van der Waals surface area contributed by atoms with Crippen molar-refractivity contribution >= 4 is 5.91 Å². The number of carbonyl (C=O) groups excluding carboxylic acids is 1. The van der Waals surface area contributed by atoms with Crippen molar-refractivity contribution < 1.29 is 14.1 Å². The Morgan fingerprint density at radius 3 is 2.64 bits per heavy atom. The predicted octanol–water partition coefficient (Wildman–Crippen LogP) is 2.97. The number of benzene rings is 1. The summed E-state index contributed by atoms with van der Waals surface area (Å²) in [6, 6.07) is 7.00. The van der Waals surface area contributed by atoms with Crippen molar-refractivity contribution in [1.29, 1.82) is 0 Å². The number of carbonyl (C=O) groups is 1. The highest BCUT2D eigenvalue weighted by Gasteiger charge is 2.25. The van der Waals surface area contributed by atoms with E-state index in [0.29, 0.717) is 24.5 Å². The van der Waals surface area contributed by atoms with Crippen molar-refractivity contribution in [3.05, 3.63) is 46.8 Å². The summed E-state index contributed by atoms with van der Waals surface area (Å²) >= 11 is 0. The van der Waals surface area contributed by atoms with E-state index in [4.69, 9.17) is 15.0 Å². The van der Waals surface area contributed by atoms with Gasteiger partial charge in [-0.15, -0.1) is 0 Å². The minimum Gasteiger partial charge on any atom is -0.489 e. The van der Waals surface area contributed by atoms with Gasteiger partial charge in [0.2, 0.25) is 0 Å². The zero-order valence-electron chi connectivity index (χ0n) is 15.6. The van der Waals surface area contributed by atoms with Crippen LogP contribution in [-0.2, 0) is 6.61 Å². The molecule has 2 aromatic rings. The van der Waals surface area contributed by atoms with Crippen LogP contribution in [0, 0.1) is 19.3 Å².